The van der Waals surface area contributed by atoms with Gasteiger partial charge < -0.3 is 10.4 Å². The van der Waals surface area contributed by atoms with E-state index in [1.165, 1.54) is 0 Å². The lowest BCUT2D eigenvalue weighted by molar-refractivity contribution is -0.141. The van der Waals surface area contributed by atoms with Crippen molar-refractivity contribution in [2.75, 3.05) is 17.6 Å². The van der Waals surface area contributed by atoms with E-state index in [4.69, 9.17) is 5.11 Å². The number of carboxylic acids is 1. The predicted molar refractivity (Wildman–Crippen MR) is 74.8 cm³/mol. The molecule has 116 valence electrons. The van der Waals surface area contributed by atoms with Gasteiger partial charge in [0.15, 0.2) is 0 Å². The number of thioether (sulfide) groups is 1. The maximum absolute atomic E-state index is 12.7. The van der Waals surface area contributed by atoms with E-state index in [-0.39, 0.29) is 16.1 Å². The Morgan fingerprint density at radius 1 is 1.52 bits per heavy atom. The first-order chi connectivity index (χ1) is 9.71. The van der Waals surface area contributed by atoms with Crippen LogP contribution < -0.4 is 5.32 Å². The van der Waals surface area contributed by atoms with Gasteiger partial charge in [0, 0.05) is 11.3 Å². The molecule has 2 rings (SSSR count). The van der Waals surface area contributed by atoms with Crippen molar-refractivity contribution in [2.24, 2.45) is 0 Å². The Labute approximate surface area is 124 Å². The number of carboxylic acid groups (broad SMARTS) is 1. The van der Waals surface area contributed by atoms with Crippen LogP contribution in [0.5, 0.6) is 0 Å². The molecule has 1 atom stereocenters. The number of anilines is 1. The van der Waals surface area contributed by atoms with Crippen LogP contribution in [0.25, 0.3) is 0 Å². The van der Waals surface area contributed by atoms with Gasteiger partial charge in [0.2, 0.25) is 0 Å². The monoisotopic (exact) mass is 320 g/mol. The molecule has 1 aromatic rings. The molecule has 1 saturated heterocycles. The zero-order chi connectivity index (χ0) is 15.7. The summed E-state index contributed by atoms with van der Waals surface area (Å²) in [5.74, 6) is -0.533. The quantitative estimate of drug-likeness (QED) is 0.889. The van der Waals surface area contributed by atoms with E-state index in [0.717, 1.165) is 24.7 Å². The molecule has 1 fully saturated rings. The van der Waals surface area contributed by atoms with Crippen LogP contribution in [0.15, 0.2) is 12.1 Å². The van der Waals surface area contributed by atoms with Crippen LogP contribution in [-0.2, 0) is 6.18 Å². The summed E-state index contributed by atoms with van der Waals surface area (Å²) in [5, 5.41) is 11.8. The van der Waals surface area contributed by atoms with Crippen molar-refractivity contribution in [2.45, 2.75) is 30.7 Å². The highest BCUT2D eigenvalue weighted by molar-refractivity contribution is 8.00. The predicted octanol–water partition coefficient (Wildman–Crippen LogP) is 3.50. The van der Waals surface area contributed by atoms with Crippen molar-refractivity contribution in [3.63, 3.8) is 0 Å². The number of aromatic carboxylic acids is 1. The van der Waals surface area contributed by atoms with Crippen molar-refractivity contribution in [3.05, 3.63) is 23.4 Å². The van der Waals surface area contributed by atoms with Crippen LogP contribution in [0.3, 0.4) is 0 Å². The van der Waals surface area contributed by atoms with Gasteiger partial charge in [-0.15, -0.1) is 0 Å². The van der Waals surface area contributed by atoms with Crippen molar-refractivity contribution in [1.29, 1.82) is 0 Å². The number of nitrogens with zero attached hydrogens (tertiary/aromatic N) is 1. The lowest BCUT2D eigenvalue weighted by atomic mass is 10.1. The Bertz CT molecular complexity index is 543. The first kappa shape index (κ1) is 15.9. The average Bonchev–Trinajstić information content (AvgIpc) is 2.82. The lowest BCUT2D eigenvalue weighted by Crippen LogP contribution is -2.28. The minimum atomic E-state index is -4.60. The van der Waals surface area contributed by atoms with E-state index in [0.29, 0.717) is 12.6 Å². The normalized spacial score (nSPS) is 22.3. The number of rotatable bonds is 4. The maximum Gasteiger partial charge on any atom is 0.433 e. The van der Waals surface area contributed by atoms with E-state index in [1.54, 1.807) is 11.8 Å². The number of nitrogens with one attached hydrogen (secondary N) is 1. The number of carbonyl (C=O) groups is 1. The van der Waals surface area contributed by atoms with E-state index < -0.39 is 17.8 Å². The molecular formula is C13H15F3N2O2S. The molecule has 0 bridgehead atoms. The summed E-state index contributed by atoms with van der Waals surface area (Å²) in [6.45, 7) is 2.39. The number of hydrogen-bond donors (Lipinski definition) is 2. The second kappa shape index (κ2) is 5.75. The third kappa shape index (κ3) is 3.81. The van der Waals surface area contributed by atoms with E-state index in [9.17, 15) is 18.0 Å². The molecule has 0 aliphatic carbocycles. The van der Waals surface area contributed by atoms with Gasteiger partial charge in [-0.3, -0.25) is 0 Å². The van der Waals surface area contributed by atoms with Gasteiger partial charge in [0.25, 0.3) is 0 Å². The Hall–Kier alpha value is -1.44. The minimum Gasteiger partial charge on any atom is -0.478 e. The highest BCUT2D eigenvalue weighted by Crippen LogP contribution is 2.38. The van der Waals surface area contributed by atoms with E-state index >= 15 is 0 Å². The standard InChI is InChI=1S/C13H15F3N2O2S/c1-12(5-2-6-21-12)7-17-10-8(11(19)20)3-4-9(18-10)13(14,15)16/h3-4H,2,5-7H2,1H3,(H,17,18)(H,19,20). The van der Waals surface area contributed by atoms with Gasteiger partial charge in [-0.2, -0.15) is 24.9 Å². The summed E-state index contributed by atoms with van der Waals surface area (Å²) >= 11 is 1.73. The summed E-state index contributed by atoms with van der Waals surface area (Å²) in [5.41, 5.74) is -1.35. The highest BCUT2D eigenvalue weighted by Gasteiger charge is 2.34. The van der Waals surface area contributed by atoms with Gasteiger partial charge in [0.1, 0.15) is 17.1 Å². The van der Waals surface area contributed by atoms with Crippen LogP contribution in [0.4, 0.5) is 19.0 Å². The van der Waals surface area contributed by atoms with Crippen LogP contribution in [0.1, 0.15) is 35.8 Å². The summed E-state index contributed by atoms with van der Waals surface area (Å²) in [7, 11) is 0. The zero-order valence-corrected chi connectivity index (χ0v) is 12.1. The summed E-state index contributed by atoms with van der Waals surface area (Å²) in [4.78, 5) is 14.5. The van der Waals surface area contributed by atoms with Crippen molar-refractivity contribution in [1.82, 2.24) is 4.98 Å². The van der Waals surface area contributed by atoms with Crippen LogP contribution in [-0.4, -0.2) is 33.1 Å². The topological polar surface area (TPSA) is 62.2 Å². The second-order valence-electron chi connectivity index (χ2n) is 5.15. The van der Waals surface area contributed by atoms with Gasteiger partial charge in [-0.25, -0.2) is 9.78 Å². The molecule has 0 radical (unpaired) electrons. The van der Waals surface area contributed by atoms with Gasteiger partial charge in [-0.1, -0.05) is 0 Å². The number of aromatic nitrogens is 1. The molecule has 0 spiro atoms. The molecule has 8 heteroatoms. The molecule has 4 nitrogen and oxygen atoms in total. The zero-order valence-electron chi connectivity index (χ0n) is 11.3. The third-order valence-corrected chi connectivity index (χ3v) is 4.88. The highest BCUT2D eigenvalue weighted by atomic mass is 32.2. The molecule has 1 aromatic heterocycles. The fourth-order valence-corrected chi connectivity index (χ4v) is 3.42. The Morgan fingerprint density at radius 2 is 2.24 bits per heavy atom. The molecule has 1 unspecified atom stereocenters. The lowest BCUT2D eigenvalue weighted by Gasteiger charge is -2.24. The molecular weight excluding hydrogens is 305 g/mol. The average molecular weight is 320 g/mol. The second-order valence-corrected chi connectivity index (χ2v) is 6.83. The summed E-state index contributed by atoms with van der Waals surface area (Å²) in [6, 6.07) is 1.62. The smallest absolute Gasteiger partial charge is 0.433 e. The molecule has 0 saturated carbocycles. The molecule has 2 heterocycles. The van der Waals surface area contributed by atoms with Gasteiger partial charge in [0.05, 0.1) is 0 Å². The molecule has 2 N–H and O–H groups in total. The largest absolute Gasteiger partial charge is 0.478 e. The number of pyridine rings is 1. The first-order valence-corrected chi connectivity index (χ1v) is 7.39. The molecule has 1 aliphatic rings. The van der Waals surface area contributed by atoms with Gasteiger partial charge >= 0.3 is 12.1 Å². The fraction of sp³-hybridized carbons (Fsp3) is 0.538. The van der Waals surface area contributed by atoms with E-state index in [1.807, 2.05) is 6.92 Å². The molecule has 1 aliphatic heterocycles. The summed E-state index contributed by atoms with van der Waals surface area (Å²) < 4.78 is 37.9. The van der Waals surface area contributed by atoms with Crippen LogP contribution in [0.2, 0.25) is 0 Å². The van der Waals surface area contributed by atoms with Crippen LogP contribution in [0, 0.1) is 0 Å². The SMILES string of the molecule is CC1(CNc2nc(C(F)(F)F)ccc2C(=O)O)CCCS1. The van der Waals surface area contributed by atoms with Crippen LogP contribution >= 0.6 is 11.8 Å². The molecule has 0 amide bonds. The van der Waals surface area contributed by atoms with Crippen molar-refractivity contribution >= 4 is 23.5 Å². The fourth-order valence-electron chi connectivity index (χ4n) is 2.17. The minimum absolute atomic E-state index is 0.105. The van der Waals surface area contributed by atoms with Crippen molar-refractivity contribution in [3.8, 4) is 0 Å². The summed E-state index contributed by atoms with van der Waals surface area (Å²) in [6.07, 6.45) is -2.61. The Morgan fingerprint density at radius 3 is 2.76 bits per heavy atom. The van der Waals surface area contributed by atoms with E-state index in [2.05, 4.69) is 10.3 Å². The Balaban J connectivity index is 2.24. The molecule has 21 heavy (non-hydrogen) atoms. The third-order valence-electron chi connectivity index (χ3n) is 3.35. The number of halogens is 3. The van der Waals surface area contributed by atoms with Gasteiger partial charge in [-0.05, 0) is 37.7 Å². The number of alkyl halides is 3. The molecule has 0 aromatic carbocycles. The number of hydrogen-bond acceptors (Lipinski definition) is 4. The first-order valence-electron chi connectivity index (χ1n) is 6.41. The maximum atomic E-state index is 12.7. The Kier molecular flexibility index (Phi) is 4.36. The van der Waals surface area contributed by atoms with Crippen molar-refractivity contribution < 1.29 is 23.1 Å².